The summed E-state index contributed by atoms with van der Waals surface area (Å²) in [5.74, 6) is 0.546. The van der Waals surface area contributed by atoms with Gasteiger partial charge < -0.3 is 14.9 Å². The summed E-state index contributed by atoms with van der Waals surface area (Å²) in [6.07, 6.45) is 0.894. The second kappa shape index (κ2) is 9.86. The van der Waals surface area contributed by atoms with Gasteiger partial charge in [0.25, 0.3) is 11.8 Å². The van der Waals surface area contributed by atoms with Crippen LogP contribution in [0.4, 0.5) is 5.69 Å². The van der Waals surface area contributed by atoms with E-state index in [1.54, 1.807) is 24.3 Å². The lowest BCUT2D eigenvalue weighted by molar-refractivity contribution is -0.120. The summed E-state index contributed by atoms with van der Waals surface area (Å²) in [7, 11) is 0. The van der Waals surface area contributed by atoms with Gasteiger partial charge in [-0.05, 0) is 30.7 Å². The highest BCUT2D eigenvalue weighted by molar-refractivity contribution is 8.08. The fourth-order valence-corrected chi connectivity index (χ4v) is 4.00. The molecule has 1 aromatic rings. The molecule has 1 aliphatic rings. The van der Waals surface area contributed by atoms with Crippen LogP contribution in [0.1, 0.15) is 13.3 Å². The summed E-state index contributed by atoms with van der Waals surface area (Å²) < 4.78 is 5.51. The number of carbonyl (C=O) groups is 2. The van der Waals surface area contributed by atoms with E-state index in [2.05, 4.69) is 0 Å². The van der Waals surface area contributed by atoms with Crippen LogP contribution < -0.4 is 9.64 Å². The smallest absolute Gasteiger partial charge is 0.273 e. The van der Waals surface area contributed by atoms with E-state index in [0.717, 1.165) is 34.8 Å². The molecule has 0 aliphatic carbocycles. The molecule has 0 saturated carbocycles. The second-order valence-electron chi connectivity index (χ2n) is 5.09. The molecule has 1 heterocycles. The summed E-state index contributed by atoms with van der Waals surface area (Å²) >= 11 is 2.32. The standard InChI is InChI=1S/C17H21NO5S2/c1-2-9-23-13-5-3-12(4-6-13)18-16(21)14(24-10-7-19)15(17(18)22)25-11-8-20/h3-6,19-20H,2,7-11H2,1H3. The zero-order valence-electron chi connectivity index (χ0n) is 13.9. The fraction of sp³-hybridized carbons (Fsp3) is 0.412. The van der Waals surface area contributed by atoms with Crippen molar-refractivity contribution in [1.82, 2.24) is 0 Å². The molecule has 25 heavy (non-hydrogen) atoms. The molecule has 1 aromatic carbocycles. The van der Waals surface area contributed by atoms with Crippen LogP contribution in [0.2, 0.25) is 0 Å². The van der Waals surface area contributed by atoms with Crippen molar-refractivity contribution in [2.75, 3.05) is 36.2 Å². The number of carbonyl (C=O) groups excluding carboxylic acids is 2. The van der Waals surface area contributed by atoms with Gasteiger partial charge in [-0.3, -0.25) is 9.59 Å². The predicted octanol–water partition coefficient (Wildman–Crippen LogP) is 2.01. The Bertz CT molecular complexity index is 615. The van der Waals surface area contributed by atoms with Crippen LogP contribution in [0.25, 0.3) is 0 Å². The van der Waals surface area contributed by atoms with Crippen molar-refractivity contribution in [2.45, 2.75) is 13.3 Å². The molecule has 1 aliphatic heterocycles. The number of nitrogens with zero attached hydrogens (tertiary/aromatic N) is 1. The van der Waals surface area contributed by atoms with Gasteiger partial charge in [-0.25, -0.2) is 4.90 Å². The third-order valence-electron chi connectivity index (χ3n) is 3.24. The summed E-state index contributed by atoms with van der Waals surface area (Å²) in [6, 6.07) is 6.81. The van der Waals surface area contributed by atoms with Crippen molar-refractivity contribution in [3.63, 3.8) is 0 Å². The number of hydrogen-bond donors (Lipinski definition) is 2. The molecule has 0 radical (unpaired) electrons. The molecule has 0 saturated heterocycles. The number of rotatable bonds is 10. The molecule has 0 atom stereocenters. The van der Waals surface area contributed by atoms with E-state index in [1.807, 2.05) is 6.92 Å². The Balaban J connectivity index is 2.22. The number of aliphatic hydroxyl groups is 2. The fourth-order valence-electron chi connectivity index (χ4n) is 2.19. The number of thioether (sulfide) groups is 2. The molecule has 2 rings (SSSR count). The highest BCUT2D eigenvalue weighted by Crippen LogP contribution is 2.38. The van der Waals surface area contributed by atoms with E-state index >= 15 is 0 Å². The molecular weight excluding hydrogens is 362 g/mol. The van der Waals surface area contributed by atoms with Crippen molar-refractivity contribution in [3.05, 3.63) is 34.1 Å². The first kappa shape index (κ1) is 19.8. The molecule has 0 fully saturated rings. The Labute approximate surface area is 155 Å². The monoisotopic (exact) mass is 383 g/mol. The number of hydrogen-bond acceptors (Lipinski definition) is 7. The first-order chi connectivity index (χ1) is 12.1. The van der Waals surface area contributed by atoms with Gasteiger partial charge in [0.1, 0.15) is 5.75 Å². The average Bonchev–Trinajstić information content (AvgIpc) is 2.86. The van der Waals surface area contributed by atoms with Gasteiger partial charge in [0.15, 0.2) is 0 Å². The van der Waals surface area contributed by atoms with Crippen molar-refractivity contribution in [2.24, 2.45) is 0 Å². The zero-order valence-corrected chi connectivity index (χ0v) is 15.6. The lowest BCUT2D eigenvalue weighted by Crippen LogP contribution is -2.31. The van der Waals surface area contributed by atoms with Gasteiger partial charge in [0.2, 0.25) is 0 Å². The van der Waals surface area contributed by atoms with E-state index in [0.29, 0.717) is 39.4 Å². The van der Waals surface area contributed by atoms with Gasteiger partial charge >= 0.3 is 0 Å². The van der Waals surface area contributed by atoms with E-state index in [-0.39, 0.29) is 13.2 Å². The van der Waals surface area contributed by atoms with Crippen LogP contribution in [0.5, 0.6) is 5.75 Å². The largest absolute Gasteiger partial charge is 0.494 e. The van der Waals surface area contributed by atoms with E-state index in [9.17, 15) is 9.59 Å². The summed E-state index contributed by atoms with van der Waals surface area (Å²) in [5.41, 5.74) is 0.473. The number of imide groups is 1. The molecule has 8 heteroatoms. The SMILES string of the molecule is CCCOc1ccc(N2C(=O)C(SCCO)=C(SCCO)C2=O)cc1. The molecule has 2 amide bonds. The highest BCUT2D eigenvalue weighted by atomic mass is 32.2. The van der Waals surface area contributed by atoms with Crippen molar-refractivity contribution < 1.29 is 24.5 Å². The molecular formula is C17H21NO5S2. The zero-order chi connectivity index (χ0) is 18.2. The van der Waals surface area contributed by atoms with Crippen LogP contribution in [0, 0.1) is 0 Å². The lowest BCUT2D eigenvalue weighted by atomic mass is 10.2. The van der Waals surface area contributed by atoms with Gasteiger partial charge in [-0.2, -0.15) is 0 Å². The Hall–Kier alpha value is -1.48. The maximum atomic E-state index is 12.7. The molecule has 136 valence electrons. The Morgan fingerprint density at radius 1 is 0.960 bits per heavy atom. The summed E-state index contributed by atoms with van der Waals surface area (Å²) in [4.78, 5) is 27.2. The van der Waals surface area contributed by atoms with Crippen LogP contribution in [-0.2, 0) is 9.59 Å². The minimum Gasteiger partial charge on any atom is -0.494 e. The minimum atomic E-state index is -0.397. The van der Waals surface area contributed by atoms with Crippen LogP contribution in [0.3, 0.4) is 0 Å². The van der Waals surface area contributed by atoms with Crippen molar-refractivity contribution in [1.29, 1.82) is 0 Å². The quantitative estimate of drug-likeness (QED) is 0.598. The normalized spacial score (nSPS) is 14.6. The topological polar surface area (TPSA) is 87.1 Å². The van der Waals surface area contributed by atoms with Gasteiger partial charge in [-0.1, -0.05) is 6.92 Å². The third kappa shape index (κ3) is 4.78. The summed E-state index contributed by atoms with van der Waals surface area (Å²) in [6.45, 7) is 2.44. The number of amides is 2. The number of aliphatic hydroxyl groups excluding tert-OH is 2. The average molecular weight is 383 g/mol. The molecule has 0 aromatic heterocycles. The first-order valence-corrected chi connectivity index (χ1v) is 9.94. The van der Waals surface area contributed by atoms with Crippen LogP contribution in [-0.4, -0.2) is 53.4 Å². The number of anilines is 1. The van der Waals surface area contributed by atoms with E-state index < -0.39 is 11.8 Å². The molecule has 2 N–H and O–H groups in total. The predicted molar refractivity (Wildman–Crippen MR) is 101 cm³/mol. The van der Waals surface area contributed by atoms with Crippen molar-refractivity contribution in [3.8, 4) is 5.75 Å². The second-order valence-corrected chi connectivity index (χ2v) is 7.30. The first-order valence-electron chi connectivity index (χ1n) is 7.97. The molecule has 0 unspecified atom stereocenters. The maximum Gasteiger partial charge on any atom is 0.273 e. The lowest BCUT2D eigenvalue weighted by Gasteiger charge is -2.15. The van der Waals surface area contributed by atoms with E-state index in [4.69, 9.17) is 14.9 Å². The van der Waals surface area contributed by atoms with Gasteiger partial charge in [0.05, 0.1) is 35.3 Å². The maximum absolute atomic E-state index is 12.7. The molecule has 0 spiro atoms. The number of benzene rings is 1. The van der Waals surface area contributed by atoms with Crippen LogP contribution >= 0.6 is 23.5 Å². The molecule has 6 nitrogen and oxygen atoms in total. The van der Waals surface area contributed by atoms with Gasteiger partial charge in [0, 0.05) is 11.5 Å². The van der Waals surface area contributed by atoms with Crippen molar-refractivity contribution >= 4 is 41.0 Å². The van der Waals surface area contributed by atoms with E-state index in [1.165, 1.54) is 0 Å². The van der Waals surface area contributed by atoms with Gasteiger partial charge in [-0.15, -0.1) is 23.5 Å². The highest BCUT2D eigenvalue weighted by Gasteiger charge is 2.39. The Kier molecular flexibility index (Phi) is 7.83. The Morgan fingerprint density at radius 3 is 1.92 bits per heavy atom. The number of ether oxygens (including phenoxy) is 1. The Morgan fingerprint density at radius 2 is 1.48 bits per heavy atom. The minimum absolute atomic E-state index is 0.0863. The van der Waals surface area contributed by atoms with Crippen LogP contribution in [0.15, 0.2) is 34.1 Å². The summed E-state index contributed by atoms with van der Waals surface area (Å²) in [5, 5.41) is 18.0. The molecule has 0 bridgehead atoms. The third-order valence-corrected chi connectivity index (χ3v) is 5.48.